The van der Waals surface area contributed by atoms with E-state index in [4.69, 9.17) is 0 Å². The van der Waals surface area contributed by atoms with Crippen molar-refractivity contribution in [3.8, 4) is 0 Å². The molecule has 4 heteroatoms. The maximum atomic E-state index is 13.9. The molecule has 0 bridgehead atoms. The quantitative estimate of drug-likeness (QED) is 0.878. The normalized spacial score (nSPS) is 20.9. The molecular formula is C13H17F2NO. The van der Waals surface area contributed by atoms with Crippen LogP contribution in [0.1, 0.15) is 24.5 Å². The van der Waals surface area contributed by atoms with E-state index in [-0.39, 0.29) is 12.1 Å². The van der Waals surface area contributed by atoms with Crippen LogP contribution in [0.15, 0.2) is 24.3 Å². The van der Waals surface area contributed by atoms with E-state index in [1.54, 1.807) is 30.0 Å². The fraction of sp³-hybridized carbons (Fsp3) is 0.538. The van der Waals surface area contributed by atoms with E-state index in [2.05, 4.69) is 0 Å². The van der Waals surface area contributed by atoms with E-state index in [1.807, 2.05) is 0 Å². The zero-order valence-corrected chi connectivity index (χ0v) is 9.87. The summed E-state index contributed by atoms with van der Waals surface area (Å²) in [5.41, 5.74) is 0.836. The molecule has 2 rings (SSSR count). The van der Waals surface area contributed by atoms with Crippen LogP contribution < -0.4 is 0 Å². The van der Waals surface area contributed by atoms with Gasteiger partial charge >= 0.3 is 0 Å². The SMILES string of the molecule is CC(O)CCN1Cc2ccccc2C(F)(F)C1. The van der Waals surface area contributed by atoms with Crippen molar-refractivity contribution in [1.29, 1.82) is 0 Å². The van der Waals surface area contributed by atoms with Gasteiger partial charge in [0.1, 0.15) is 0 Å². The minimum absolute atomic E-state index is 0.147. The van der Waals surface area contributed by atoms with Crippen LogP contribution in [-0.4, -0.2) is 29.2 Å². The van der Waals surface area contributed by atoms with Crippen molar-refractivity contribution in [3.63, 3.8) is 0 Å². The maximum Gasteiger partial charge on any atom is 0.285 e. The molecule has 1 atom stereocenters. The van der Waals surface area contributed by atoms with Crippen molar-refractivity contribution in [2.45, 2.75) is 31.9 Å². The molecule has 1 aliphatic heterocycles. The Labute approximate surface area is 99.9 Å². The lowest BCUT2D eigenvalue weighted by Crippen LogP contribution is -2.41. The summed E-state index contributed by atoms with van der Waals surface area (Å²) in [7, 11) is 0. The molecule has 94 valence electrons. The predicted octanol–water partition coefficient (Wildman–Crippen LogP) is 2.36. The first-order valence-electron chi connectivity index (χ1n) is 5.85. The molecule has 1 aliphatic rings. The number of alkyl halides is 2. The summed E-state index contributed by atoms with van der Waals surface area (Å²) >= 11 is 0. The Hall–Kier alpha value is -1.00. The highest BCUT2D eigenvalue weighted by atomic mass is 19.3. The highest BCUT2D eigenvalue weighted by molar-refractivity contribution is 5.33. The molecule has 1 aromatic carbocycles. The monoisotopic (exact) mass is 241 g/mol. The first-order chi connectivity index (χ1) is 7.99. The second kappa shape index (κ2) is 4.70. The number of nitrogens with zero attached hydrogens (tertiary/aromatic N) is 1. The lowest BCUT2D eigenvalue weighted by molar-refractivity contribution is -0.0543. The number of hydrogen-bond donors (Lipinski definition) is 1. The van der Waals surface area contributed by atoms with Crippen molar-refractivity contribution < 1.29 is 13.9 Å². The molecule has 0 radical (unpaired) electrons. The van der Waals surface area contributed by atoms with E-state index >= 15 is 0 Å². The Morgan fingerprint density at radius 2 is 2.12 bits per heavy atom. The van der Waals surface area contributed by atoms with Gasteiger partial charge in [-0.25, -0.2) is 0 Å². The molecule has 1 aromatic rings. The van der Waals surface area contributed by atoms with Gasteiger partial charge in [0.2, 0.25) is 0 Å². The van der Waals surface area contributed by atoms with Crippen molar-refractivity contribution in [2.75, 3.05) is 13.1 Å². The minimum atomic E-state index is -2.78. The lowest BCUT2D eigenvalue weighted by atomic mass is 9.96. The van der Waals surface area contributed by atoms with Gasteiger partial charge in [0.25, 0.3) is 5.92 Å². The first-order valence-corrected chi connectivity index (χ1v) is 5.85. The van der Waals surface area contributed by atoms with Gasteiger partial charge in [0.05, 0.1) is 12.6 Å². The van der Waals surface area contributed by atoms with Gasteiger partial charge in [0.15, 0.2) is 0 Å². The number of fused-ring (bicyclic) bond motifs is 1. The maximum absolute atomic E-state index is 13.9. The number of benzene rings is 1. The van der Waals surface area contributed by atoms with Crippen LogP contribution in [0.2, 0.25) is 0 Å². The van der Waals surface area contributed by atoms with Gasteiger partial charge < -0.3 is 5.11 Å². The van der Waals surface area contributed by atoms with E-state index < -0.39 is 12.0 Å². The number of aliphatic hydroxyl groups is 1. The first kappa shape index (κ1) is 12.5. The molecule has 0 aliphatic carbocycles. The van der Waals surface area contributed by atoms with Crippen LogP contribution in [0.3, 0.4) is 0 Å². The van der Waals surface area contributed by atoms with E-state index in [9.17, 15) is 13.9 Å². The Morgan fingerprint density at radius 3 is 2.82 bits per heavy atom. The molecule has 17 heavy (non-hydrogen) atoms. The predicted molar refractivity (Wildman–Crippen MR) is 61.9 cm³/mol. The van der Waals surface area contributed by atoms with Crippen molar-refractivity contribution in [1.82, 2.24) is 4.90 Å². The molecule has 0 aromatic heterocycles. The fourth-order valence-electron chi connectivity index (χ4n) is 2.21. The Bertz CT molecular complexity index is 393. The molecule has 1 heterocycles. The summed E-state index contributed by atoms with van der Waals surface area (Å²) in [6.07, 6.45) is 0.0823. The van der Waals surface area contributed by atoms with Gasteiger partial charge in [-0.2, -0.15) is 8.78 Å². The third-order valence-electron chi connectivity index (χ3n) is 3.09. The summed E-state index contributed by atoms with van der Waals surface area (Å²) in [6.45, 7) is 2.47. The second-order valence-electron chi connectivity index (χ2n) is 4.71. The van der Waals surface area contributed by atoms with Gasteiger partial charge in [-0.1, -0.05) is 24.3 Å². The molecule has 0 fully saturated rings. The minimum Gasteiger partial charge on any atom is -0.393 e. The molecule has 0 saturated carbocycles. The Balaban J connectivity index is 2.14. The molecule has 1 unspecified atom stereocenters. The Kier molecular flexibility index (Phi) is 3.45. The summed E-state index contributed by atoms with van der Waals surface area (Å²) in [5.74, 6) is -2.78. The number of rotatable bonds is 3. The third-order valence-corrected chi connectivity index (χ3v) is 3.09. The van der Waals surface area contributed by atoms with E-state index in [0.29, 0.717) is 25.1 Å². The third kappa shape index (κ3) is 2.82. The van der Waals surface area contributed by atoms with Crippen molar-refractivity contribution in [2.24, 2.45) is 0 Å². The lowest BCUT2D eigenvalue weighted by Gasteiger charge is -2.34. The summed E-state index contributed by atoms with van der Waals surface area (Å²) in [4.78, 5) is 1.70. The van der Waals surface area contributed by atoms with Crippen molar-refractivity contribution in [3.05, 3.63) is 35.4 Å². The smallest absolute Gasteiger partial charge is 0.285 e. The second-order valence-corrected chi connectivity index (χ2v) is 4.71. The van der Waals surface area contributed by atoms with Crippen LogP contribution in [0.25, 0.3) is 0 Å². The summed E-state index contributed by atoms with van der Waals surface area (Å²) < 4.78 is 27.7. The van der Waals surface area contributed by atoms with E-state index in [1.165, 1.54) is 6.07 Å². The van der Waals surface area contributed by atoms with Crippen LogP contribution >= 0.6 is 0 Å². The standard InChI is InChI=1S/C13H17F2NO/c1-10(17)6-7-16-8-11-4-2-3-5-12(11)13(14,15)9-16/h2-5,10,17H,6-9H2,1H3. The topological polar surface area (TPSA) is 23.5 Å². The molecule has 0 spiro atoms. The summed E-state index contributed by atoms with van der Waals surface area (Å²) in [6, 6.07) is 6.68. The average Bonchev–Trinajstić information content (AvgIpc) is 2.25. The van der Waals surface area contributed by atoms with Gasteiger partial charge in [-0.3, -0.25) is 4.90 Å². The molecule has 0 amide bonds. The molecule has 1 N–H and O–H groups in total. The zero-order valence-electron chi connectivity index (χ0n) is 9.87. The van der Waals surface area contributed by atoms with Crippen LogP contribution in [-0.2, 0) is 12.5 Å². The van der Waals surface area contributed by atoms with Gasteiger partial charge in [-0.05, 0) is 18.9 Å². The number of aliphatic hydroxyl groups excluding tert-OH is 1. The fourth-order valence-corrected chi connectivity index (χ4v) is 2.21. The number of hydrogen-bond acceptors (Lipinski definition) is 2. The Morgan fingerprint density at radius 1 is 1.41 bits per heavy atom. The van der Waals surface area contributed by atoms with Gasteiger partial charge in [-0.15, -0.1) is 0 Å². The molecule has 2 nitrogen and oxygen atoms in total. The highest BCUT2D eigenvalue weighted by Gasteiger charge is 2.39. The van der Waals surface area contributed by atoms with Crippen molar-refractivity contribution >= 4 is 0 Å². The largest absolute Gasteiger partial charge is 0.393 e. The molecular weight excluding hydrogens is 224 g/mol. The van der Waals surface area contributed by atoms with Gasteiger partial charge in [0, 0.05) is 18.7 Å². The zero-order chi connectivity index (χ0) is 12.5. The average molecular weight is 241 g/mol. The number of halogens is 2. The van der Waals surface area contributed by atoms with Crippen LogP contribution in [0.5, 0.6) is 0 Å². The summed E-state index contributed by atoms with van der Waals surface area (Å²) in [5, 5.41) is 9.19. The molecule has 0 saturated heterocycles. The van der Waals surface area contributed by atoms with Crippen LogP contribution in [0, 0.1) is 0 Å². The van der Waals surface area contributed by atoms with Crippen LogP contribution in [0.4, 0.5) is 8.78 Å². The highest BCUT2D eigenvalue weighted by Crippen LogP contribution is 2.36. The van der Waals surface area contributed by atoms with E-state index in [0.717, 1.165) is 0 Å².